The van der Waals surface area contributed by atoms with Crippen LogP contribution in [0.3, 0.4) is 0 Å². The van der Waals surface area contributed by atoms with E-state index in [-0.39, 0.29) is 18.3 Å². The molecule has 0 aliphatic carbocycles. The number of nitrogens with zero attached hydrogens (tertiary/aromatic N) is 2. The first-order valence-corrected chi connectivity index (χ1v) is 12.0. The van der Waals surface area contributed by atoms with Crippen LogP contribution in [0.4, 0.5) is 0 Å². The molecular weight excluding hydrogens is 392 g/mol. The molecule has 0 aliphatic heterocycles. The summed E-state index contributed by atoms with van der Waals surface area (Å²) in [5.74, 6) is 1.64. The average molecular weight is 427 g/mol. The van der Waals surface area contributed by atoms with E-state index in [1.165, 1.54) is 4.88 Å². The van der Waals surface area contributed by atoms with Crippen LogP contribution in [0.5, 0.6) is 0 Å². The predicted molar refractivity (Wildman–Crippen MR) is 125 cm³/mol. The van der Waals surface area contributed by atoms with Crippen molar-refractivity contribution in [2.45, 2.75) is 65.8 Å². The van der Waals surface area contributed by atoms with Gasteiger partial charge in [0.15, 0.2) is 5.78 Å². The second kappa shape index (κ2) is 10.4. The minimum atomic E-state index is 0.0182. The third kappa shape index (κ3) is 5.19. The molecule has 2 aromatic heterocycles. The number of carbonyl (C=O) groups is 1. The summed E-state index contributed by atoms with van der Waals surface area (Å²) in [7, 11) is 0. The molecule has 0 bridgehead atoms. The molecule has 0 amide bonds. The number of aliphatic hydroxyl groups excluding tert-OH is 1. The van der Waals surface area contributed by atoms with Gasteiger partial charge in [-0.1, -0.05) is 33.8 Å². The highest BCUT2D eigenvalue weighted by molar-refractivity contribution is 7.09. The van der Waals surface area contributed by atoms with Gasteiger partial charge < -0.3 is 9.67 Å². The molecule has 3 aromatic rings. The Labute approximate surface area is 184 Å². The van der Waals surface area contributed by atoms with Crippen molar-refractivity contribution in [2.24, 2.45) is 11.8 Å². The Bertz CT molecular complexity index is 955. The fourth-order valence-electron chi connectivity index (χ4n) is 4.35. The van der Waals surface area contributed by atoms with Crippen molar-refractivity contribution in [2.75, 3.05) is 6.61 Å². The number of aliphatic hydroxyl groups is 1. The first-order chi connectivity index (χ1) is 14.5. The van der Waals surface area contributed by atoms with Gasteiger partial charge >= 0.3 is 0 Å². The molecule has 1 atom stereocenters. The summed E-state index contributed by atoms with van der Waals surface area (Å²) in [6.07, 6.45) is 4.16. The molecule has 30 heavy (non-hydrogen) atoms. The molecule has 1 aromatic carbocycles. The van der Waals surface area contributed by atoms with Gasteiger partial charge in [0.1, 0.15) is 5.82 Å². The maximum atomic E-state index is 12.9. The van der Waals surface area contributed by atoms with E-state index in [1.54, 1.807) is 11.3 Å². The zero-order valence-electron chi connectivity index (χ0n) is 18.6. The van der Waals surface area contributed by atoms with Crippen LogP contribution in [-0.2, 0) is 6.42 Å². The Balaban J connectivity index is 1.94. The van der Waals surface area contributed by atoms with Crippen molar-refractivity contribution >= 4 is 28.2 Å². The van der Waals surface area contributed by atoms with Crippen LogP contribution in [-0.4, -0.2) is 27.0 Å². The number of hydrogen-bond donors (Lipinski definition) is 1. The van der Waals surface area contributed by atoms with Gasteiger partial charge in [-0.25, -0.2) is 4.98 Å². The molecule has 4 nitrogen and oxygen atoms in total. The van der Waals surface area contributed by atoms with Gasteiger partial charge in [0.25, 0.3) is 0 Å². The van der Waals surface area contributed by atoms with E-state index in [0.29, 0.717) is 23.9 Å². The zero-order chi connectivity index (χ0) is 21.7. The first kappa shape index (κ1) is 22.7. The lowest BCUT2D eigenvalue weighted by atomic mass is 9.91. The Morgan fingerprint density at radius 1 is 1.20 bits per heavy atom. The zero-order valence-corrected chi connectivity index (χ0v) is 19.4. The third-order valence-corrected chi connectivity index (χ3v) is 6.72. The minimum Gasteiger partial charge on any atom is -0.396 e. The van der Waals surface area contributed by atoms with Crippen molar-refractivity contribution in [1.29, 1.82) is 0 Å². The summed E-state index contributed by atoms with van der Waals surface area (Å²) in [6, 6.07) is 10.6. The Kier molecular flexibility index (Phi) is 7.84. The third-order valence-electron chi connectivity index (χ3n) is 5.84. The lowest BCUT2D eigenvalue weighted by Crippen LogP contribution is -2.15. The van der Waals surface area contributed by atoms with Crippen molar-refractivity contribution < 1.29 is 9.90 Å². The van der Waals surface area contributed by atoms with Crippen LogP contribution in [0.1, 0.15) is 80.5 Å². The van der Waals surface area contributed by atoms with E-state index in [9.17, 15) is 9.90 Å². The van der Waals surface area contributed by atoms with Crippen molar-refractivity contribution in [3.63, 3.8) is 0 Å². The highest BCUT2D eigenvalue weighted by Crippen LogP contribution is 2.29. The maximum absolute atomic E-state index is 12.9. The van der Waals surface area contributed by atoms with Gasteiger partial charge in [-0.15, -0.1) is 11.3 Å². The number of fused-ring (bicyclic) bond motifs is 1. The number of aromatic nitrogens is 2. The van der Waals surface area contributed by atoms with E-state index in [2.05, 4.69) is 55.8 Å². The van der Waals surface area contributed by atoms with Crippen LogP contribution in [0.25, 0.3) is 11.0 Å². The van der Waals surface area contributed by atoms with E-state index < -0.39 is 0 Å². The quantitative estimate of drug-likeness (QED) is 0.367. The topological polar surface area (TPSA) is 55.1 Å². The van der Waals surface area contributed by atoms with Crippen LogP contribution < -0.4 is 0 Å². The van der Waals surface area contributed by atoms with Gasteiger partial charge in [0.2, 0.25) is 0 Å². The largest absolute Gasteiger partial charge is 0.396 e. The molecule has 0 unspecified atom stereocenters. The van der Waals surface area contributed by atoms with E-state index in [4.69, 9.17) is 4.98 Å². The van der Waals surface area contributed by atoms with E-state index >= 15 is 0 Å². The number of Topliss-reactive ketones (excluding diaryl/α,β-unsaturated/α-hetero) is 1. The molecule has 5 heteroatoms. The molecule has 1 N–H and O–H groups in total. The maximum Gasteiger partial charge on any atom is 0.163 e. The van der Waals surface area contributed by atoms with Gasteiger partial charge in [-0.05, 0) is 60.7 Å². The van der Waals surface area contributed by atoms with Gasteiger partial charge in [-0.2, -0.15) is 0 Å². The highest BCUT2D eigenvalue weighted by Gasteiger charge is 2.20. The van der Waals surface area contributed by atoms with Crippen LogP contribution in [0.15, 0.2) is 35.7 Å². The van der Waals surface area contributed by atoms with Crippen LogP contribution in [0.2, 0.25) is 0 Å². The number of ketones is 1. The standard InChI is InChI=1S/C25H34N2O2S/c1-5-20(6-2)27-23-10-9-19(24(29)13-18(16-28)12-17(3)4)14-22(23)26-25(27)15-21-8-7-11-30-21/h7-11,14,17-18,20,28H,5-6,12-13,15-16H2,1-4H3/t18-/m0/s1. The molecule has 2 heterocycles. The number of benzene rings is 1. The summed E-state index contributed by atoms with van der Waals surface area (Å²) in [5, 5.41) is 11.8. The van der Waals surface area contributed by atoms with E-state index in [0.717, 1.165) is 42.5 Å². The Hall–Kier alpha value is -1.98. The van der Waals surface area contributed by atoms with E-state index in [1.807, 2.05) is 12.1 Å². The summed E-state index contributed by atoms with van der Waals surface area (Å²) in [5.41, 5.74) is 2.69. The number of hydrogen-bond acceptors (Lipinski definition) is 4. The molecule has 0 saturated heterocycles. The number of carbonyl (C=O) groups excluding carboxylic acids is 1. The number of rotatable bonds is 11. The van der Waals surface area contributed by atoms with Crippen molar-refractivity contribution in [3.05, 3.63) is 52.0 Å². The molecule has 0 spiro atoms. The van der Waals surface area contributed by atoms with Crippen LogP contribution >= 0.6 is 11.3 Å². The normalized spacial score (nSPS) is 12.9. The lowest BCUT2D eigenvalue weighted by molar-refractivity contribution is 0.0924. The molecule has 0 saturated carbocycles. The second-order valence-corrected chi connectivity index (χ2v) is 9.67. The molecule has 0 aliphatic rings. The van der Waals surface area contributed by atoms with Crippen LogP contribution in [0, 0.1) is 11.8 Å². The van der Waals surface area contributed by atoms with Crippen molar-refractivity contribution in [1.82, 2.24) is 9.55 Å². The number of imidazole rings is 1. The van der Waals surface area contributed by atoms with Gasteiger partial charge in [0, 0.05) is 35.9 Å². The first-order valence-electron chi connectivity index (χ1n) is 11.1. The average Bonchev–Trinajstić information content (AvgIpc) is 3.36. The molecular formula is C25H34N2O2S. The molecule has 3 rings (SSSR count). The second-order valence-electron chi connectivity index (χ2n) is 8.63. The van der Waals surface area contributed by atoms with Crippen molar-refractivity contribution in [3.8, 4) is 0 Å². The summed E-state index contributed by atoms with van der Waals surface area (Å²) in [4.78, 5) is 19.2. The Morgan fingerprint density at radius 2 is 1.97 bits per heavy atom. The predicted octanol–water partition coefficient (Wildman–Crippen LogP) is 6.28. The van der Waals surface area contributed by atoms with Gasteiger partial charge in [-0.3, -0.25) is 4.79 Å². The molecule has 162 valence electrons. The fourth-order valence-corrected chi connectivity index (χ4v) is 5.05. The molecule has 0 fully saturated rings. The summed E-state index contributed by atoms with van der Waals surface area (Å²) >= 11 is 1.75. The number of thiophene rings is 1. The fraction of sp³-hybridized carbons (Fsp3) is 0.520. The molecule has 0 radical (unpaired) electrons. The Morgan fingerprint density at radius 3 is 2.57 bits per heavy atom. The summed E-state index contributed by atoms with van der Waals surface area (Å²) in [6.45, 7) is 8.74. The highest BCUT2D eigenvalue weighted by atomic mass is 32.1. The summed E-state index contributed by atoms with van der Waals surface area (Å²) < 4.78 is 2.37. The SMILES string of the molecule is CCC(CC)n1c(Cc2cccs2)nc2cc(C(=O)C[C@@H](CO)CC(C)C)ccc21. The minimum absolute atomic E-state index is 0.0182. The lowest BCUT2D eigenvalue weighted by Gasteiger charge is -2.19. The monoisotopic (exact) mass is 426 g/mol. The van der Waals surface area contributed by atoms with Gasteiger partial charge in [0.05, 0.1) is 11.0 Å². The smallest absolute Gasteiger partial charge is 0.163 e.